The van der Waals surface area contributed by atoms with Crippen LogP contribution in [-0.4, -0.2) is 87.1 Å². The maximum absolute atomic E-state index is 10.9. The number of esters is 2. The van der Waals surface area contributed by atoms with Gasteiger partial charge in [-0.1, -0.05) is 51.0 Å². The summed E-state index contributed by atoms with van der Waals surface area (Å²) in [4.78, 5) is 43.3. The molecule has 0 aliphatic carbocycles. The van der Waals surface area contributed by atoms with Crippen LogP contribution < -0.4 is 10.6 Å². The number of carbonyl (C=O) groups is 4. The number of nitrogens with one attached hydrogen (secondary N) is 2. The molecule has 0 saturated heterocycles. The third-order valence-electron chi connectivity index (χ3n) is 4.27. The Bertz CT molecular complexity index is 613. The van der Waals surface area contributed by atoms with E-state index in [1.54, 1.807) is 13.8 Å². The van der Waals surface area contributed by atoms with Crippen LogP contribution in [0, 0.1) is 0 Å². The molecule has 0 aromatic carbocycles. The normalized spacial score (nSPS) is 10.1. The summed E-state index contributed by atoms with van der Waals surface area (Å²) in [6, 6.07) is 0. The summed E-state index contributed by atoms with van der Waals surface area (Å²) in [6.45, 7) is 9.03. The van der Waals surface area contributed by atoms with Crippen LogP contribution in [0.3, 0.4) is 0 Å². The summed E-state index contributed by atoms with van der Waals surface area (Å²) in [5.41, 5.74) is 0. The molecular weight excluding hydrogens is 524 g/mol. The van der Waals surface area contributed by atoms with Crippen molar-refractivity contribution in [1.82, 2.24) is 10.6 Å². The number of hydrogen-bond acceptors (Lipinski definition) is 10. The average molecular weight is 577 g/mol. The Morgan fingerprint density at radius 3 is 1.27 bits per heavy atom. The molecule has 0 atom stereocenters. The lowest BCUT2D eigenvalue weighted by molar-refractivity contribution is -0.143. The van der Waals surface area contributed by atoms with Gasteiger partial charge in [0.2, 0.25) is 0 Å². The first-order valence-corrected chi connectivity index (χ1v) is 14.0. The molecule has 234 valence electrons. The maximum atomic E-state index is 10.9. The molecular formula is C28H52N2O10. The third kappa shape index (κ3) is 39.4. The van der Waals surface area contributed by atoms with E-state index in [2.05, 4.69) is 20.1 Å². The predicted molar refractivity (Wildman–Crippen MR) is 153 cm³/mol. The molecule has 12 heteroatoms. The fourth-order valence-corrected chi connectivity index (χ4v) is 2.18. The second kappa shape index (κ2) is 35.9. The third-order valence-corrected chi connectivity index (χ3v) is 4.27. The minimum Gasteiger partial charge on any atom is -0.464 e. The van der Waals surface area contributed by atoms with Gasteiger partial charge >= 0.3 is 24.1 Å². The summed E-state index contributed by atoms with van der Waals surface area (Å²) in [5, 5.41) is 21.5. The van der Waals surface area contributed by atoms with E-state index in [1.807, 2.05) is 38.2 Å². The van der Waals surface area contributed by atoms with Crippen molar-refractivity contribution in [2.45, 2.75) is 79.1 Å². The van der Waals surface area contributed by atoms with Crippen LogP contribution in [0.4, 0.5) is 9.59 Å². The molecule has 0 aliphatic rings. The molecule has 2 amide bonds. The molecule has 40 heavy (non-hydrogen) atoms. The average Bonchev–Trinajstić information content (AvgIpc) is 2.94. The SMILES string of the molecule is CCCCOC(=O)CNC(=O)OCC.CCCCOC(=O)CNC(=O)OCC.OCCCC=CC=CCCCO. The van der Waals surface area contributed by atoms with Crippen molar-refractivity contribution in [3.63, 3.8) is 0 Å². The van der Waals surface area contributed by atoms with E-state index in [9.17, 15) is 19.2 Å². The molecule has 0 rings (SSSR count). The Kier molecular flexibility index (Phi) is 37.1. The summed E-state index contributed by atoms with van der Waals surface area (Å²) < 4.78 is 18.7. The standard InChI is InChI=1S/C10H18O2.2C9H17NO4/c11-9-7-5-3-1-2-4-6-8-10-12;2*1-3-5-6-14-8(11)7-10-9(12)13-4-2/h1-4,11-12H,5-10H2;2*3-7H2,1-2H3,(H,10,12). The van der Waals surface area contributed by atoms with E-state index in [-0.39, 0.29) is 39.5 Å². The first-order valence-electron chi connectivity index (χ1n) is 14.0. The highest BCUT2D eigenvalue weighted by Crippen LogP contribution is 1.93. The van der Waals surface area contributed by atoms with E-state index in [0.717, 1.165) is 51.4 Å². The van der Waals surface area contributed by atoms with E-state index in [0.29, 0.717) is 13.2 Å². The molecule has 12 nitrogen and oxygen atoms in total. The van der Waals surface area contributed by atoms with Gasteiger partial charge < -0.3 is 39.8 Å². The largest absolute Gasteiger partial charge is 0.464 e. The molecule has 0 aliphatic heterocycles. The van der Waals surface area contributed by atoms with Gasteiger partial charge in [-0.2, -0.15) is 0 Å². The van der Waals surface area contributed by atoms with Crippen molar-refractivity contribution < 1.29 is 48.3 Å². The highest BCUT2D eigenvalue weighted by Gasteiger charge is 2.06. The molecule has 4 N–H and O–H groups in total. The van der Waals surface area contributed by atoms with Gasteiger partial charge in [0.25, 0.3) is 0 Å². The quantitative estimate of drug-likeness (QED) is 0.0768. The van der Waals surface area contributed by atoms with Crippen LogP contribution in [0.2, 0.25) is 0 Å². The molecule has 0 bridgehead atoms. The van der Waals surface area contributed by atoms with Gasteiger partial charge in [-0.15, -0.1) is 0 Å². The van der Waals surface area contributed by atoms with Crippen molar-refractivity contribution >= 4 is 24.1 Å². The zero-order valence-corrected chi connectivity index (χ0v) is 24.8. The van der Waals surface area contributed by atoms with Crippen molar-refractivity contribution in [1.29, 1.82) is 0 Å². The lowest BCUT2D eigenvalue weighted by Crippen LogP contribution is -2.31. The predicted octanol–water partition coefficient (Wildman–Crippen LogP) is 3.80. The van der Waals surface area contributed by atoms with Crippen molar-refractivity contribution in [2.24, 2.45) is 0 Å². The number of alkyl carbamates (subject to hydrolysis) is 2. The number of ether oxygens (including phenoxy) is 4. The van der Waals surface area contributed by atoms with Crippen LogP contribution >= 0.6 is 0 Å². The summed E-state index contributed by atoms with van der Waals surface area (Å²) >= 11 is 0. The van der Waals surface area contributed by atoms with E-state index in [1.165, 1.54) is 0 Å². The first kappa shape index (κ1) is 41.4. The van der Waals surface area contributed by atoms with Crippen LogP contribution in [0.1, 0.15) is 79.1 Å². The van der Waals surface area contributed by atoms with Crippen LogP contribution in [0.25, 0.3) is 0 Å². The summed E-state index contributed by atoms with van der Waals surface area (Å²) in [5.74, 6) is -0.877. The van der Waals surface area contributed by atoms with Gasteiger partial charge in [0.15, 0.2) is 0 Å². The number of aliphatic hydroxyl groups excluding tert-OH is 2. The van der Waals surface area contributed by atoms with Crippen molar-refractivity contribution in [2.75, 3.05) is 52.7 Å². The minimum absolute atomic E-state index is 0.136. The Morgan fingerprint density at radius 2 is 0.975 bits per heavy atom. The molecule has 0 aromatic heterocycles. The van der Waals surface area contributed by atoms with Gasteiger partial charge in [-0.3, -0.25) is 9.59 Å². The van der Waals surface area contributed by atoms with Crippen LogP contribution in [-0.2, 0) is 28.5 Å². The Balaban J connectivity index is -0.000000515. The second-order valence-corrected chi connectivity index (χ2v) is 7.88. The minimum atomic E-state index is -0.597. The zero-order valence-electron chi connectivity index (χ0n) is 24.8. The number of unbranched alkanes of at least 4 members (excludes halogenated alkanes) is 4. The Morgan fingerprint density at radius 1 is 0.600 bits per heavy atom. The Labute approximate surface area is 239 Å². The second-order valence-electron chi connectivity index (χ2n) is 7.88. The molecule has 0 aromatic rings. The highest BCUT2D eigenvalue weighted by molar-refractivity contribution is 5.78. The molecule has 0 spiro atoms. The number of hydrogen-bond donors (Lipinski definition) is 4. The van der Waals surface area contributed by atoms with Gasteiger partial charge in [0.05, 0.1) is 26.4 Å². The number of aliphatic hydroxyl groups is 2. The zero-order chi connectivity index (χ0) is 30.7. The monoisotopic (exact) mass is 576 g/mol. The van der Waals surface area contributed by atoms with Gasteiger partial charge in [-0.05, 0) is 52.4 Å². The van der Waals surface area contributed by atoms with E-state index in [4.69, 9.17) is 19.7 Å². The fourth-order valence-electron chi connectivity index (χ4n) is 2.18. The first-order chi connectivity index (χ1) is 19.3. The number of allylic oxidation sites excluding steroid dienone is 4. The smallest absolute Gasteiger partial charge is 0.407 e. The maximum Gasteiger partial charge on any atom is 0.407 e. The molecule has 0 fully saturated rings. The van der Waals surface area contributed by atoms with Gasteiger partial charge in [0, 0.05) is 13.2 Å². The van der Waals surface area contributed by atoms with Crippen LogP contribution in [0.5, 0.6) is 0 Å². The molecule has 0 heterocycles. The summed E-state index contributed by atoms with van der Waals surface area (Å²) in [6.07, 6.45) is 14.0. The number of carbonyl (C=O) groups excluding carboxylic acids is 4. The van der Waals surface area contributed by atoms with E-state index < -0.39 is 24.1 Å². The molecule has 0 unspecified atom stereocenters. The fraction of sp³-hybridized carbons (Fsp3) is 0.714. The molecule has 0 radical (unpaired) electrons. The number of amides is 2. The van der Waals surface area contributed by atoms with Crippen molar-refractivity contribution in [3.8, 4) is 0 Å². The lowest BCUT2D eigenvalue weighted by atomic mass is 10.2. The highest BCUT2D eigenvalue weighted by atomic mass is 16.6. The number of rotatable bonds is 19. The molecule has 0 saturated carbocycles. The van der Waals surface area contributed by atoms with Gasteiger partial charge in [0.1, 0.15) is 13.1 Å². The topological polar surface area (TPSA) is 170 Å². The van der Waals surface area contributed by atoms with Crippen LogP contribution in [0.15, 0.2) is 24.3 Å². The Hall–Kier alpha value is -3.12. The van der Waals surface area contributed by atoms with Gasteiger partial charge in [-0.25, -0.2) is 9.59 Å². The van der Waals surface area contributed by atoms with Crippen molar-refractivity contribution in [3.05, 3.63) is 24.3 Å². The van der Waals surface area contributed by atoms with E-state index >= 15 is 0 Å². The summed E-state index contributed by atoms with van der Waals surface area (Å²) in [7, 11) is 0. The lowest BCUT2D eigenvalue weighted by Gasteiger charge is -2.05.